The average molecular weight is 262 g/mol. The highest BCUT2D eigenvalue weighted by Crippen LogP contribution is 2.09. The van der Waals surface area contributed by atoms with Crippen LogP contribution in [0.2, 0.25) is 0 Å². The second kappa shape index (κ2) is 7.25. The van der Waals surface area contributed by atoms with E-state index in [2.05, 4.69) is 23.1 Å². The van der Waals surface area contributed by atoms with Crippen LogP contribution < -0.4 is 16.2 Å². The first-order valence-corrected chi connectivity index (χ1v) is 5.88. The summed E-state index contributed by atoms with van der Waals surface area (Å²) in [5.41, 5.74) is 6.90. The van der Waals surface area contributed by atoms with Gasteiger partial charge in [0, 0.05) is 5.69 Å². The Balaban J connectivity index is 2.40. The molecule has 0 spiro atoms. The average Bonchev–Trinajstić information content (AvgIpc) is 2.38. The Bertz CT molecular complexity index is 464. The van der Waals surface area contributed by atoms with E-state index in [1.807, 2.05) is 24.3 Å². The molecule has 3 N–H and O–H groups in total. The summed E-state index contributed by atoms with van der Waals surface area (Å²) in [6, 6.07) is 9.55. The molecule has 1 amide bonds. The minimum Gasteiger partial charge on any atom is -0.331 e. The van der Waals surface area contributed by atoms with Gasteiger partial charge in [0.05, 0.1) is 6.07 Å². The highest BCUT2D eigenvalue weighted by Gasteiger charge is 2.01. The number of thiocarbonyl (C=S) groups is 1. The zero-order chi connectivity index (χ0) is 13.4. The summed E-state index contributed by atoms with van der Waals surface area (Å²) in [5.74, 6) is -0.428. The van der Waals surface area contributed by atoms with Crippen LogP contribution in [0.3, 0.4) is 0 Å². The molecule has 1 aromatic rings. The minimum atomic E-state index is -0.428. The zero-order valence-corrected chi connectivity index (χ0v) is 10.8. The fourth-order valence-electron chi connectivity index (χ4n) is 1.23. The number of benzene rings is 1. The van der Waals surface area contributed by atoms with Gasteiger partial charge in [-0.2, -0.15) is 5.26 Å². The minimum absolute atomic E-state index is 0.208. The molecule has 0 aliphatic rings. The van der Waals surface area contributed by atoms with E-state index >= 15 is 0 Å². The first-order valence-electron chi connectivity index (χ1n) is 5.47. The quantitative estimate of drug-likeness (QED) is 0.568. The number of hydrogen-bond acceptors (Lipinski definition) is 3. The summed E-state index contributed by atoms with van der Waals surface area (Å²) >= 11 is 4.98. The van der Waals surface area contributed by atoms with Crippen molar-refractivity contribution in [1.29, 1.82) is 5.26 Å². The van der Waals surface area contributed by atoms with E-state index in [4.69, 9.17) is 17.5 Å². The number of amides is 1. The van der Waals surface area contributed by atoms with Gasteiger partial charge in [0.1, 0.15) is 6.42 Å². The molecule has 0 bridgehead atoms. The second-order valence-electron chi connectivity index (χ2n) is 3.51. The second-order valence-corrected chi connectivity index (χ2v) is 3.92. The van der Waals surface area contributed by atoms with Crippen LogP contribution in [0.5, 0.6) is 0 Å². The summed E-state index contributed by atoms with van der Waals surface area (Å²) in [6.45, 7) is 2.08. The number of aryl methyl sites for hydroxylation is 1. The van der Waals surface area contributed by atoms with Crippen molar-refractivity contribution in [2.24, 2.45) is 0 Å². The number of rotatable bonds is 3. The predicted octanol–water partition coefficient (Wildman–Crippen LogP) is 1.48. The Kier molecular flexibility index (Phi) is 5.61. The van der Waals surface area contributed by atoms with Crippen LogP contribution in [-0.2, 0) is 11.2 Å². The van der Waals surface area contributed by atoms with E-state index in [0.29, 0.717) is 0 Å². The van der Waals surface area contributed by atoms with Crippen molar-refractivity contribution < 1.29 is 4.79 Å². The standard InChI is InChI=1S/C12H14N4OS/c1-2-9-3-5-10(6-4-9)14-12(18)16-15-11(17)7-8-13/h3-6H,2,7H2,1H3,(H,15,17)(H2,14,16,18). The Morgan fingerprint density at radius 1 is 1.33 bits per heavy atom. The van der Waals surface area contributed by atoms with Gasteiger partial charge in [0.15, 0.2) is 5.11 Å². The normalized spacial score (nSPS) is 9.11. The van der Waals surface area contributed by atoms with Crippen molar-refractivity contribution in [3.63, 3.8) is 0 Å². The maximum Gasteiger partial charge on any atom is 0.252 e. The number of nitrogens with zero attached hydrogens (tertiary/aromatic N) is 1. The monoisotopic (exact) mass is 262 g/mol. The molecule has 6 heteroatoms. The van der Waals surface area contributed by atoms with Gasteiger partial charge < -0.3 is 5.32 Å². The molecule has 0 aliphatic heterocycles. The van der Waals surface area contributed by atoms with E-state index in [1.165, 1.54) is 5.56 Å². The summed E-state index contributed by atoms with van der Waals surface area (Å²) in [4.78, 5) is 11.0. The van der Waals surface area contributed by atoms with Crippen molar-refractivity contribution in [2.75, 3.05) is 5.32 Å². The molecule has 0 saturated heterocycles. The third-order valence-corrected chi connectivity index (χ3v) is 2.38. The molecular formula is C12H14N4OS. The molecule has 1 aromatic carbocycles. The molecule has 0 unspecified atom stereocenters. The highest BCUT2D eigenvalue weighted by molar-refractivity contribution is 7.80. The van der Waals surface area contributed by atoms with Crippen LogP contribution in [0, 0.1) is 11.3 Å². The van der Waals surface area contributed by atoms with E-state index in [-0.39, 0.29) is 11.5 Å². The predicted molar refractivity (Wildman–Crippen MR) is 73.5 cm³/mol. The molecule has 0 aromatic heterocycles. The van der Waals surface area contributed by atoms with Gasteiger partial charge in [-0.3, -0.25) is 15.6 Å². The lowest BCUT2D eigenvalue weighted by molar-refractivity contribution is -0.120. The van der Waals surface area contributed by atoms with Crippen LogP contribution in [0.4, 0.5) is 5.69 Å². The number of hydrazine groups is 1. The first-order chi connectivity index (χ1) is 8.65. The molecule has 0 radical (unpaired) electrons. The molecule has 1 rings (SSSR count). The lowest BCUT2D eigenvalue weighted by atomic mass is 10.1. The smallest absolute Gasteiger partial charge is 0.252 e. The van der Waals surface area contributed by atoms with Crippen molar-refractivity contribution in [3.05, 3.63) is 29.8 Å². The van der Waals surface area contributed by atoms with Gasteiger partial charge in [-0.05, 0) is 36.3 Å². The molecule has 18 heavy (non-hydrogen) atoms. The Morgan fingerprint density at radius 2 is 2.00 bits per heavy atom. The number of carbonyl (C=O) groups is 1. The number of nitriles is 1. The van der Waals surface area contributed by atoms with Crippen molar-refractivity contribution in [1.82, 2.24) is 10.9 Å². The molecule has 0 atom stereocenters. The third kappa shape index (κ3) is 4.80. The van der Waals surface area contributed by atoms with Crippen LogP contribution in [-0.4, -0.2) is 11.0 Å². The Morgan fingerprint density at radius 3 is 2.56 bits per heavy atom. The van der Waals surface area contributed by atoms with Crippen molar-refractivity contribution >= 4 is 28.9 Å². The fraction of sp³-hybridized carbons (Fsp3) is 0.250. The van der Waals surface area contributed by atoms with Gasteiger partial charge in [-0.25, -0.2) is 0 Å². The molecule has 94 valence electrons. The maximum atomic E-state index is 11.0. The van der Waals surface area contributed by atoms with Gasteiger partial charge in [0.25, 0.3) is 5.91 Å². The van der Waals surface area contributed by atoms with Crippen molar-refractivity contribution in [3.8, 4) is 6.07 Å². The number of nitrogens with one attached hydrogen (secondary N) is 3. The molecule has 0 aliphatic carbocycles. The number of hydrogen-bond donors (Lipinski definition) is 3. The van der Waals surface area contributed by atoms with Gasteiger partial charge in [0.2, 0.25) is 0 Å². The van der Waals surface area contributed by atoms with E-state index in [1.54, 1.807) is 6.07 Å². The van der Waals surface area contributed by atoms with E-state index < -0.39 is 5.91 Å². The molecule has 0 saturated carbocycles. The van der Waals surface area contributed by atoms with Crippen LogP contribution in [0.1, 0.15) is 18.9 Å². The lowest BCUT2D eigenvalue weighted by Gasteiger charge is -2.10. The third-order valence-electron chi connectivity index (χ3n) is 2.18. The summed E-state index contributed by atoms with van der Waals surface area (Å²) in [6.07, 6.45) is 0.772. The number of carbonyl (C=O) groups excluding carboxylic acids is 1. The Labute approximate surface area is 111 Å². The van der Waals surface area contributed by atoms with Crippen LogP contribution in [0.25, 0.3) is 0 Å². The summed E-state index contributed by atoms with van der Waals surface area (Å²) in [5, 5.41) is 11.5. The zero-order valence-electron chi connectivity index (χ0n) is 9.99. The van der Waals surface area contributed by atoms with E-state index in [9.17, 15) is 4.79 Å². The largest absolute Gasteiger partial charge is 0.331 e. The van der Waals surface area contributed by atoms with Crippen molar-refractivity contribution in [2.45, 2.75) is 19.8 Å². The lowest BCUT2D eigenvalue weighted by Crippen LogP contribution is -2.43. The highest BCUT2D eigenvalue weighted by atomic mass is 32.1. The van der Waals surface area contributed by atoms with Gasteiger partial charge in [-0.15, -0.1) is 0 Å². The van der Waals surface area contributed by atoms with E-state index in [0.717, 1.165) is 12.1 Å². The SMILES string of the molecule is CCc1ccc(NC(=S)NNC(=O)CC#N)cc1. The van der Waals surface area contributed by atoms with Crippen LogP contribution >= 0.6 is 12.2 Å². The molecular weight excluding hydrogens is 248 g/mol. The van der Waals surface area contributed by atoms with Gasteiger partial charge in [-0.1, -0.05) is 19.1 Å². The molecule has 5 nitrogen and oxygen atoms in total. The summed E-state index contributed by atoms with van der Waals surface area (Å²) < 4.78 is 0. The topological polar surface area (TPSA) is 76.9 Å². The van der Waals surface area contributed by atoms with Crippen LogP contribution in [0.15, 0.2) is 24.3 Å². The molecule has 0 fully saturated rings. The summed E-state index contributed by atoms with van der Waals surface area (Å²) in [7, 11) is 0. The molecule has 0 heterocycles. The van der Waals surface area contributed by atoms with Gasteiger partial charge >= 0.3 is 0 Å². The maximum absolute atomic E-state index is 11.0. The fourth-order valence-corrected chi connectivity index (χ4v) is 1.40. The Hall–Kier alpha value is -2.13. The first kappa shape index (κ1) is 13.9. The number of anilines is 1.